The largest absolute Gasteiger partial charge is 0.361 e. The average Bonchev–Trinajstić information content (AvgIpc) is 2.67. The van der Waals surface area contributed by atoms with E-state index in [1.54, 1.807) is 0 Å². The van der Waals surface area contributed by atoms with Crippen molar-refractivity contribution in [2.24, 2.45) is 0 Å². The quantitative estimate of drug-likeness (QED) is 0.629. The van der Waals surface area contributed by atoms with Gasteiger partial charge in [0.25, 0.3) is 0 Å². The van der Waals surface area contributed by atoms with E-state index in [0.717, 1.165) is 12.8 Å². The number of alkyl halides is 1. The third-order valence-corrected chi connectivity index (χ3v) is 8.02. The van der Waals surface area contributed by atoms with Gasteiger partial charge in [0.1, 0.15) is 23.2 Å². The molecule has 1 aliphatic carbocycles. The first-order valence-corrected chi connectivity index (χ1v) is 10.5. The van der Waals surface area contributed by atoms with E-state index >= 15 is 0 Å². The van der Waals surface area contributed by atoms with Crippen molar-refractivity contribution in [2.75, 3.05) is 12.7 Å². The number of aliphatic hydroxyl groups is 1. The highest BCUT2D eigenvalue weighted by Crippen LogP contribution is 2.63. The summed E-state index contributed by atoms with van der Waals surface area (Å²) in [6.07, 6.45) is 10.6. The molecule has 0 radical (unpaired) electrons. The van der Waals surface area contributed by atoms with Crippen LogP contribution in [0.1, 0.15) is 12.8 Å². The maximum atomic E-state index is 10.4. The minimum atomic E-state index is -1.93. The van der Waals surface area contributed by atoms with Crippen LogP contribution in [0.4, 0.5) is 0 Å². The Balaban J connectivity index is 0.000000924. The summed E-state index contributed by atoms with van der Waals surface area (Å²) in [5.74, 6) is 0. The van der Waals surface area contributed by atoms with Crippen LogP contribution in [0.15, 0.2) is 84.2 Å². The van der Waals surface area contributed by atoms with Crippen LogP contribution in [-0.2, 0) is 0 Å². The molecule has 0 heterocycles. The van der Waals surface area contributed by atoms with E-state index in [-0.39, 0.29) is 6.35 Å². The van der Waals surface area contributed by atoms with Gasteiger partial charge < -0.3 is 5.11 Å². The monoisotopic (exact) mass is 345 g/mol. The molecule has 0 aliphatic heterocycles. The zero-order chi connectivity index (χ0) is 16.5. The highest BCUT2D eigenvalue weighted by Gasteiger charge is 2.45. The molecule has 1 nitrogen and oxygen atoms in total. The lowest BCUT2D eigenvalue weighted by Crippen LogP contribution is -2.26. The van der Waals surface area contributed by atoms with E-state index in [9.17, 15) is 5.11 Å². The maximum Gasteiger partial charge on any atom is 0.168 e. The van der Waals surface area contributed by atoms with Crippen molar-refractivity contribution < 1.29 is 5.11 Å². The first-order chi connectivity index (χ1) is 11.4. The minimum Gasteiger partial charge on any atom is -0.361 e. The molecule has 0 amide bonds. The molecule has 3 rings (SSSR count). The Bertz CT molecular complexity index is 610. The second-order valence-electron chi connectivity index (χ2n) is 5.23. The SMILES string of the molecule is CCl.OC[P+](C1=CCCC=C1)(c1ccccc1)c1ccccc1. The maximum absolute atomic E-state index is 10.4. The van der Waals surface area contributed by atoms with Gasteiger partial charge in [-0.15, -0.1) is 11.6 Å². The highest BCUT2D eigenvalue weighted by atomic mass is 35.5. The molecule has 1 aliphatic rings. The van der Waals surface area contributed by atoms with Crippen LogP contribution >= 0.6 is 18.9 Å². The van der Waals surface area contributed by atoms with Gasteiger partial charge in [-0.3, -0.25) is 0 Å². The zero-order valence-corrected chi connectivity index (χ0v) is 15.0. The lowest BCUT2D eigenvalue weighted by Gasteiger charge is -2.27. The van der Waals surface area contributed by atoms with Crippen molar-refractivity contribution in [3.63, 3.8) is 0 Å². The van der Waals surface area contributed by atoms with Gasteiger partial charge in [0.2, 0.25) is 0 Å². The van der Waals surface area contributed by atoms with Crippen molar-refractivity contribution in [2.45, 2.75) is 12.8 Å². The molecule has 0 saturated carbocycles. The molecular weight excluding hydrogens is 323 g/mol. The molecule has 2 aromatic carbocycles. The number of benzene rings is 2. The Morgan fingerprint density at radius 2 is 1.39 bits per heavy atom. The molecule has 0 aromatic heterocycles. The highest BCUT2D eigenvalue weighted by molar-refractivity contribution is 7.93. The van der Waals surface area contributed by atoms with Gasteiger partial charge in [-0.05, 0) is 49.3 Å². The van der Waals surface area contributed by atoms with Gasteiger partial charge in [0, 0.05) is 6.38 Å². The van der Waals surface area contributed by atoms with E-state index in [1.807, 2.05) is 12.1 Å². The number of aliphatic hydroxyl groups excluding tert-OH is 1. The Morgan fingerprint density at radius 3 is 1.78 bits per heavy atom. The van der Waals surface area contributed by atoms with Crippen LogP contribution in [-0.4, -0.2) is 17.8 Å². The Kier molecular flexibility index (Phi) is 7.05. The molecule has 120 valence electrons. The third kappa shape index (κ3) is 3.75. The molecule has 0 bridgehead atoms. The Labute approximate surface area is 144 Å². The fourth-order valence-corrected chi connectivity index (χ4v) is 6.49. The average molecular weight is 346 g/mol. The number of allylic oxidation sites excluding steroid dienone is 4. The second kappa shape index (κ2) is 9.03. The number of hydrogen-bond acceptors (Lipinski definition) is 1. The topological polar surface area (TPSA) is 20.2 Å². The Hall–Kier alpha value is -1.40. The number of halogens is 1. The molecular formula is C20H23ClOP+. The summed E-state index contributed by atoms with van der Waals surface area (Å²) in [6.45, 7) is 0. The van der Waals surface area contributed by atoms with Crippen LogP contribution in [0.25, 0.3) is 0 Å². The summed E-state index contributed by atoms with van der Waals surface area (Å²) in [6, 6.07) is 20.9. The van der Waals surface area contributed by atoms with Crippen LogP contribution in [0, 0.1) is 0 Å². The van der Waals surface area contributed by atoms with Crippen molar-refractivity contribution in [1.82, 2.24) is 0 Å². The van der Waals surface area contributed by atoms with E-state index in [4.69, 9.17) is 0 Å². The summed E-state index contributed by atoms with van der Waals surface area (Å²) in [5, 5.41) is 14.2. The van der Waals surface area contributed by atoms with Crippen molar-refractivity contribution in [1.29, 1.82) is 0 Å². The smallest absolute Gasteiger partial charge is 0.168 e. The predicted octanol–water partition coefficient (Wildman–Crippen LogP) is 4.69. The van der Waals surface area contributed by atoms with Crippen LogP contribution in [0.3, 0.4) is 0 Å². The van der Waals surface area contributed by atoms with Gasteiger partial charge in [0.15, 0.2) is 6.35 Å². The number of hydrogen-bond donors (Lipinski definition) is 1. The summed E-state index contributed by atoms with van der Waals surface area (Å²) in [7, 11) is -1.93. The molecule has 3 heteroatoms. The van der Waals surface area contributed by atoms with E-state index < -0.39 is 7.26 Å². The molecule has 1 N–H and O–H groups in total. The fraction of sp³-hybridized carbons (Fsp3) is 0.200. The van der Waals surface area contributed by atoms with Crippen molar-refractivity contribution in [3.8, 4) is 0 Å². The fourth-order valence-electron chi connectivity index (χ4n) is 2.94. The molecule has 0 spiro atoms. The van der Waals surface area contributed by atoms with Gasteiger partial charge in [-0.2, -0.15) is 0 Å². The summed E-state index contributed by atoms with van der Waals surface area (Å²) in [5.41, 5.74) is 0. The first kappa shape index (κ1) is 17.9. The standard InChI is InChI=1S/C19H20OP.CH3Cl/c20-16-21(17-10-4-1-5-11-17,18-12-6-2-7-13-18)19-14-8-3-9-15-19;1-2/h1-2,4-8,10-15,20H,3,9,16H2;1H3/q+1;. The Morgan fingerprint density at radius 1 is 0.870 bits per heavy atom. The van der Waals surface area contributed by atoms with Gasteiger partial charge >= 0.3 is 0 Å². The lowest BCUT2D eigenvalue weighted by atomic mass is 10.2. The van der Waals surface area contributed by atoms with Crippen LogP contribution < -0.4 is 10.6 Å². The normalized spacial score (nSPS) is 13.8. The van der Waals surface area contributed by atoms with Gasteiger partial charge in [-0.25, -0.2) is 0 Å². The molecule has 23 heavy (non-hydrogen) atoms. The van der Waals surface area contributed by atoms with E-state index in [0.29, 0.717) is 0 Å². The minimum absolute atomic E-state index is 0.178. The predicted molar refractivity (Wildman–Crippen MR) is 104 cm³/mol. The molecule has 2 aromatic rings. The van der Waals surface area contributed by atoms with Gasteiger partial charge in [0.05, 0.1) is 0 Å². The summed E-state index contributed by atoms with van der Waals surface area (Å²) < 4.78 is 0. The molecule has 0 fully saturated rings. The lowest BCUT2D eigenvalue weighted by molar-refractivity contribution is 0.370. The summed E-state index contributed by atoms with van der Waals surface area (Å²) >= 11 is 4.64. The van der Waals surface area contributed by atoms with Gasteiger partial charge in [-0.1, -0.05) is 42.5 Å². The van der Waals surface area contributed by atoms with E-state index in [1.165, 1.54) is 22.3 Å². The third-order valence-electron chi connectivity index (χ3n) is 4.02. The molecule has 0 atom stereocenters. The van der Waals surface area contributed by atoms with Crippen molar-refractivity contribution >= 4 is 29.5 Å². The first-order valence-electron chi connectivity index (χ1n) is 7.73. The summed E-state index contributed by atoms with van der Waals surface area (Å²) in [4.78, 5) is 0. The number of rotatable bonds is 4. The van der Waals surface area contributed by atoms with Crippen LogP contribution in [0.5, 0.6) is 0 Å². The zero-order valence-electron chi connectivity index (χ0n) is 13.4. The van der Waals surface area contributed by atoms with Crippen molar-refractivity contribution in [3.05, 3.63) is 84.2 Å². The molecule has 0 unspecified atom stereocenters. The molecule has 0 saturated heterocycles. The second-order valence-corrected chi connectivity index (χ2v) is 8.68. The van der Waals surface area contributed by atoms with Crippen LogP contribution in [0.2, 0.25) is 0 Å². The van der Waals surface area contributed by atoms with E-state index in [2.05, 4.69) is 78.4 Å².